The van der Waals surface area contributed by atoms with Gasteiger partial charge in [0.1, 0.15) is 6.10 Å². The summed E-state index contributed by atoms with van der Waals surface area (Å²) in [4.78, 5) is 0. The topological polar surface area (TPSA) is 18.5 Å². The highest BCUT2D eigenvalue weighted by atomic mass is 16.7. The van der Waals surface area contributed by atoms with Crippen LogP contribution in [0.1, 0.15) is 70.0 Å². The minimum Gasteiger partial charge on any atom is -0.350 e. The second-order valence-corrected chi connectivity index (χ2v) is 5.71. The molecule has 0 amide bonds. The van der Waals surface area contributed by atoms with Crippen molar-refractivity contribution < 1.29 is 9.47 Å². The Labute approximate surface area is 123 Å². The SMILES string of the molecule is CCCCCCCCCC1OCC(c2ccccc2)O1. The molecule has 0 spiro atoms. The van der Waals surface area contributed by atoms with Gasteiger partial charge in [-0.3, -0.25) is 0 Å². The molecule has 0 radical (unpaired) electrons. The standard InChI is InChI=1S/C18H28O2/c1-2-3-4-5-6-7-11-14-18-19-15-17(20-18)16-12-9-8-10-13-16/h8-10,12-13,17-18H,2-7,11,14-15H2,1H3. The Bertz CT molecular complexity index is 350. The molecule has 2 rings (SSSR count). The third kappa shape index (κ3) is 5.26. The van der Waals surface area contributed by atoms with E-state index in [1.165, 1.54) is 50.5 Å². The first-order valence-corrected chi connectivity index (χ1v) is 8.22. The zero-order valence-corrected chi connectivity index (χ0v) is 12.7. The third-order valence-corrected chi connectivity index (χ3v) is 3.96. The van der Waals surface area contributed by atoms with Crippen molar-refractivity contribution in [3.8, 4) is 0 Å². The van der Waals surface area contributed by atoms with Gasteiger partial charge in [-0.15, -0.1) is 0 Å². The van der Waals surface area contributed by atoms with Crippen LogP contribution in [0.3, 0.4) is 0 Å². The molecule has 0 N–H and O–H groups in total. The molecule has 2 nitrogen and oxygen atoms in total. The number of hydrogen-bond donors (Lipinski definition) is 0. The van der Waals surface area contributed by atoms with Crippen LogP contribution in [-0.4, -0.2) is 12.9 Å². The summed E-state index contributed by atoms with van der Waals surface area (Å²) in [5.41, 5.74) is 1.23. The zero-order valence-electron chi connectivity index (χ0n) is 12.7. The summed E-state index contributed by atoms with van der Waals surface area (Å²) in [6.07, 6.45) is 10.5. The summed E-state index contributed by atoms with van der Waals surface area (Å²) in [5.74, 6) is 0. The van der Waals surface area contributed by atoms with Gasteiger partial charge in [-0.05, 0) is 18.4 Å². The Hall–Kier alpha value is -0.860. The second kappa shape index (κ2) is 9.15. The van der Waals surface area contributed by atoms with Gasteiger partial charge in [-0.25, -0.2) is 0 Å². The maximum absolute atomic E-state index is 5.97. The fourth-order valence-corrected chi connectivity index (χ4v) is 2.72. The van der Waals surface area contributed by atoms with Gasteiger partial charge in [0.2, 0.25) is 0 Å². The summed E-state index contributed by atoms with van der Waals surface area (Å²) in [6.45, 7) is 2.96. The average Bonchev–Trinajstić information content (AvgIpc) is 2.96. The molecule has 1 heterocycles. The Morgan fingerprint density at radius 2 is 1.65 bits per heavy atom. The zero-order chi connectivity index (χ0) is 14.0. The molecular weight excluding hydrogens is 248 g/mol. The van der Waals surface area contributed by atoms with Crippen LogP contribution < -0.4 is 0 Å². The molecule has 0 bridgehead atoms. The molecule has 20 heavy (non-hydrogen) atoms. The molecule has 1 aromatic rings. The number of hydrogen-bond acceptors (Lipinski definition) is 2. The van der Waals surface area contributed by atoms with Crippen molar-refractivity contribution in [2.45, 2.75) is 70.7 Å². The van der Waals surface area contributed by atoms with E-state index in [1.807, 2.05) is 6.07 Å². The van der Waals surface area contributed by atoms with E-state index in [1.54, 1.807) is 0 Å². The smallest absolute Gasteiger partial charge is 0.158 e. The van der Waals surface area contributed by atoms with Crippen molar-refractivity contribution in [2.24, 2.45) is 0 Å². The summed E-state index contributed by atoms with van der Waals surface area (Å²) in [7, 11) is 0. The summed E-state index contributed by atoms with van der Waals surface area (Å²) in [6, 6.07) is 10.4. The molecule has 1 aromatic carbocycles. The van der Waals surface area contributed by atoms with Crippen molar-refractivity contribution >= 4 is 0 Å². The molecule has 112 valence electrons. The van der Waals surface area contributed by atoms with Crippen LogP contribution in [0.2, 0.25) is 0 Å². The van der Waals surface area contributed by atoms with E-state index >= 15 is 0 Å². The summed E-state index contributed by atoms with van der Waals surface area (Å²) < 4.78 is 11.7. The van der Waals surface area contributed by atoms with Crippen molar-refractivity contribution in [2.75, 3.05) is 6.61 Å². The molecule has 2 atom stereocenters. The van der Waals surface area contributed by atoms with Gasteiger partial charge < -0.3 is 9.47 Å². The van der Waals surface area contributed by atoms with E-state index in [2.05, 4.69) is 31.2 Å². The fraction of sp³-hybridized carbons (Fsp3) is 0.667. The molecule has 2 heteroatoms. The Balaban J connectivity index is 1.55. The number of ether oxygens (including phenoxy) is 2. The summed E-state index contributed by atoms with van der Waals surface area (Å²) in [5, 5.41) is 0. The van der Waals surface area contributed by atoms with E-state index in [4.69, 9.17) is 9.47 Å². The van der Waals surface area contributed by atoms with Gasteiger partial charge in [-0.1, -0.05) is 75.8 Å². The van der Waals surface area contributed by atoms with Crippen molar-refractivity contribution in [3.63, 3.8) is 0 Å². The molecule has 0 aromatic heterocycles. The van der Waals surface area contributed by atoms with E-state index in [0.717, 1.165) is 6.42 Å². The van der Waals surface area contributed by atoms with Crippen LogP contribution in [0.4, 0.5) is 0 Å². The lowest BCUT2D eigenvalue weighted by Crippen LogP contribution is -2.07. The van der Waals surface area contributed by atoms with Crippen molar-refractivity contribution in [1.82, 2.24) is 0 Å². The fourth-order valence-electron chi connectivity index (χ4n) is 2.72. The normalized spacial score (nSPS) is 22.2. The predicted octanol–water partition coefficient (Wildman–Crippen LogP) is 5.24. The number of benzene rings is 1. The lowest BCUT2D eigenvalue weighted by atomic mass is 10.1. The van der Waals surface area contributed by atoms with E-state index in [0.29, 0.717) is 6.61 Å². The molecule has 1 aliphatic heterocycles. The van der Waals surface area contributed by atoms with Crippen LogP contribution in [0.25, 0.3) is 0 Å². The van der Waals surface area contributed by atoms with Gasteiger partial charge in [-0.2, -0.15) is 0 Å². The first-order chi connectivity index (χ1) is 9.90. The third-order valence-electron chi connectivity index (χ3n) is 3.96. The van der Waals surface area contributed by atoms with Gasteiger partial charge >= 0.3 is 0 Å². The highest BCUT2D eigenvalue weighted by molar-refractivity contribution is 5.18. The lowest BCUT2D eigenvalue weighted by molar-refractivity contribution is -0.0637. The molecule has 0 aliphatic carbocycles. The maximum atomic E-state index is 5.97. The monoisotopic (exact) mass is 276 g/mol. The quantitative estimate of drug-likeness (QED) is 0.574. The van der Waals surface area contributed by atoms with Crippen LogP contribution in [-0.2, 0) is 9.47 Å². The molecule has 2 unspecified atom stereocenters. The van der Waals surface area contributed by atoms with E-state index in [9.17, 15) is 0 Å². The largest absolute Gasteiger partial charge is 0.350 e. The Morgan fingerprint density at radius 3 is 2.40 bits per heavy atom. The van der Waals surface area contributed by atoms with E-state index in [-0.39, 0.29) is 12.4 Å². The minimum absolute atomic E-state index is 0.0100. The van der Waals surface area contributed by atoms with Gasteiger partial charge in [0.15, 0.2) is 6.29 Å². The summed E-state index contributed by atoms with van der Waals surface area (Å²) >= 11 is 0. The Kier molecular flexibility index (Phi) is 7.10. The van der Waals surface area contributed by atoms with Gasteiger partial charge in [0.25, 0.3) is 0 Å². The first-order valence-electron chi connectivity index (χ1n) is 8.22. The first kappa shape index (κ1) is 15.5. The van der Waals surface area contributed by atoms with Crippen LogP contribution in [0, 0.1) is 0 Å². The molecule has 1 fully saturated rings. The van der Waals surface area contributed by atoms with Crippen LogP contribution in [0.15, 0.2) is 30.3 Å². The van der Waals surface area contributed by atoms with Crippen LogP contribution >= 0.6 is 0 Å². The molecule has 0 saturated carbocycles. The van der Waals surface area contributed by atoms with Gasteiger partial charge in [0.05, 0.1) is 6.61 Å². The van der Waals surface area contributed by atoms with Crippen molar-refractivity contribution in [1.29, 1.82) is 0 Å². The number of unbranched alkanes of at least 4 members (excludes halogenated alkanes) is 6. The Morgan fingerprint density at radius 1 is 0.950 bits per heavy atom. The highest BCUT2D eigenvalue weighted by Crippen LogP contribution is 2.28. The maximum Gasteiger partial charge on any atom is 0.158 e. The average molecular weight is 276 g/mol. The minimum atomic E-state index is 0.0100. The molecule has 1 aliphatic rings. The molecular formula is C18H28O2. The lowest BCUT2D eigenvalue weighted by Gasteiger charge is -2.11. The van der Waals surface area contributed by atoms with Crippen LogP contribution in [0.5, 0.6) is 0 Å². The highest BCUT2D eigenvalue weighted by Gasteiger charge is 2.26. The molecule has 1 saturated heterocycles. The number of rotatable bonds is 9. The second-order valence-electron chi connectivity index (χ2n) is 5.71. The van der Waals surface area contributed by atoms with Crippen molar-refractivity contribution in [3.05, 3.63) is 35.9 Å². The van der Waals surface area contributed by atoms with Gasteiger partial charge in [0, 0.05) is 0 Å². The predicted molar refractivity (Wildman–Crippen MR) is 82.6 cm³/mol. The van der Waals surface area contributed by atoms with E-state index < -0.39 is 0 Å².